The molecule has 4 rings (SSSR count). The molecule has 0 radical (unpaired) electrons. The van der Waals surface area contributed by atoms with E-state index in [0.717, 1.165) is 21.9 Å². The molecular weight excluding hydrogens is 324 g/mol. The number of carbonyl (C=O) groups excluding carboxylic acids is 1. The minimum atomic E-state index is -0.337. The van der Waals surface area contributed by atoms with Gasteiger partial charge in [0.1, 0.15) is 0 Å². The van der Waals surface area contributed by atoms with Crippen LogP contribution in [0, 0.1) is 6.92 Å². The summed E-state index contributed by atoms with van der Waals surface area (Å²) in [7, 11) is 0. The Kier molecular flexibility index (Phi) is 3.47. The van der Waals surface area contributed by atoms with Crippen LogP contribution in [0.2, 0.25) is 5.02 Å². The number of fused-ring (bicyclic) bond motifs is 2. The normalized spacial score (nSPS) is 11.1. The molecule has 0 atom stereocenters. The maximum atomic E-state index is 12.4. The standard InChI is InChI=1S/C19H13ClN2O2/c1-11-5-6-12-8-13-9-17(24-19(13)22-16(12)7-11)18(23)21-15-4-2-3-14(20)10-15/h2-10H,1H3,(H,21,23). The van der Waals surface area contributed by atoms with Crippen LogP contribution in [0.15, 0.2) is 59.0 Å². The van der Waals surface area contributed by atoms with E-state index in [4.69, 9.17) is 16.0 Å². The van der Waals surface area contributed by atoms with Crippen LogP contribution in [-0.4, -0.2) is 10.9 Å². The molecule has 0 aliphatic heterocycles. The zero-order valence-electron chi connectivity index (χ0n) is 12.8. The van der Waals surface area contributed by atoms with Gasteiger partial charge >= 0.3 is 0 Å². The van der Waals surface area contributed by atoms with E-state index in [1.807, 2.05) is 31.2 Å². The molecular formula is C19H13ClN2O2. The van der Waals surface area contributed by atoms with Gasteiger partial charge in [0, 0.05) is 21.5 Å². The van der Waals surface area contributed by atoms with Gasteiger partial charge in [-0.2, -0.15) is 0 Å². The molecule has 4 nitrogen and oxygen atoms in total. The second-order valence-corrected chi connectivity index (χ2v) is 6.09. The van der Waals surface area contributed by atoms with Crippen LogP contribution < -0.4 is 5.32 Å². The summed E-state index contributed by atoms with van der Waals surface area (Å²) in [6.07, 6.45) is 0. The summed E-state index contributed by atoms with van der Waals surface area (Å²) in [5.74, 6) is -0.125. The maximum absolute atomic E-state index is 12.4. The molecule has 4 aromatic rings. The summed E-state index contributed by atoms with van der Waals surface area (Å²) in [5, 5.41) is 5.13. The molecule has 0 saturated carbocycles. The van der Waals surface area contributed by atoms with Crippen molar-refractivity contribution in [2.45, 2.75) is 6.92 Å². The topological polar surface area (TPSA) is 55.1 Å². The number of amides is 1. The van der Waals surface area contributed by atoms with Crippen LogP contribution in [0.5, 0.6) is 0 Å². The van der Waals surface area contributed by atoms with Gasteiger partial charge in [0.05, 0.1) is 5.52 Å². The van der Waals surface area contributed by atoms with E-state index >= 15 is 0 Å². The Morgan fingerprint density at radius 2 is 1.96 bits per heavy atom. The predicted molar refractivity (Wildman–Crippen MR) is 95.7 cm³/mol. The van der Waals surface area contributed by atoms with Gasteiger partial charge in [0.15, 0.2) is 5.76 Å². The zero-order valence-corrected chi connectivity index (χ0v) is 13.6. The van der Waals surface area contributed by atoms with Crippen molar-refractivity contribution in [3.8, 4) is 0 Å². The van der Waals surface area contributed by atoms with Crippen LogP contribution >= 0.6 is 11.6 Å². The highest BCUT2D eigenvalue weighted by atomic mass is 35.5. The summed E-state index contributed by atoms with van der Waals surface area (Å²) in [6, 6.07) is 16.7. The van der Waals surface area contributed by atoms with E-state index in [-0.39, 0.29) is 11.7 Å². The number of anilines is 1. The molecule has 5 heteroatoms. The maximum Gasteiger partial charge on any atom is 0.291 e. The van der Waals surface area contributed by atoms with Crippen LogP contribution in [0.1, 0.15) is 16.1 Å². The second-order valence-electron chi connectivity index (χ2n) is 5.65. The molecule has 2 heterocycles. The third-order valence-electron chi connectivity index (χ3n) is 3.77. The Bertz CT molecular complexity index is 1090. The molecule has 2 aromatic heterocycles. The van der Waals surface area contributed by atoms with Gasteiger partial charge in [0.2, 0.25) is 5.71 Å². The van der Waals surface area contributed by atoms with Crippen molar-refractivity contribution in [3.63, 3.8) is 0 Å². The van der Waals surface area contributed by atoms with Gasteiger partial charge in [-0.15, -0.1) is 0 Å². The highest BCUT2D eigenvalue weighted by molar-refractivity contribution is 6.31. The van der Waals surface area contributed by atoms with E-state index in [1.54, 1.807) is 30.3 Å². The first-order chi connectivity index (χ1) is 11.6. The summed E-state index contributed by atoms with van der Waals surface area (Å²) < 4.78 is 5.62. The average Bonchev–Trinajstić information content (AvgIpc) is 2.95. The summed E-state index contributed by atoms with van der Waals surface area (Å²) in [6.45, 7) is 2.01. The third kappa shape index (κ3) is 2.72. The van der Waals surface area contributed by atoms with Gasteiger partial charge in [-0.25, -0.2) is 4.98 Å². The number of pyridine rings is 1. The smallest absolute Gasteiger partial charge is 0.291 e. The first-order valence-corrected chi connectivity index (χ1v) is 7.84. The molecule has 24 heavy (non-hydrogen) atoms. The van der Waals surface area contributed by atoms with Crippen LogP contribution in [-0.2, 0) is 0 Å². The fourth-order valence-electron chi connectivity index (χ4n) is 2.61. The van der Waals surface area contributed by atoms with Crippen LogP contribution in [0.3, 0.4) is 0 Å². The van der Waals surface area contributed by atoms with Gasteiger partial charge < -0.3 is 9.73 Å². The number of nitrogens with one attached hydrogen (secondary N) is 1. The number of furan rings is 1. The molecule has 2 aromatic carbocycles. The van der Waals surface area contributed by atoms with Crippen LogP contribution in [0.25, 0.3) is 22.0 Å². The highest BCUT2D eigenvalue weighted by Gasteiger charge is 2.14. The monoisotopic (exact) mass is 336 g/mol. The van der Waals surface area contributed by atoms with Gasteiger partial charge in [-0.05, 0) is 48.9 Å². The molecule has 1 N–H and O–H groups in total. The quantitative estimate of drug-likeness (QED) is 0.547. The molecule has 1 amide bonds. The van der Waals surface area contributed by atoms with Gasteiger partial charge in [-0.1, -0.05) is 29.8 Å². The number of aromatic nitrogens is 1. The van der Waals surface area contributed by atoms with E-state index in [9.17, 15) is 4.79 Å². The molecule has 0 saturated heterocycles. The third-order valence-corrected chi connectivity index (χ3v) is 4.00. The molecule has 0 bridgehead atoms. The van der Waals surface area contributed by atoms with Crippen LogP contribution in [0.4, 0.5) is 5.69 Å². The number of rotatable bonds is 2. The Morgan fingerprint density at radius 3 is 2.79 bits per heavy atom. The van der Waals surface area contributed by atoms with Crippen molar-refractivity contribution >= 4 is 45.2 Å². The van der Waals surface area contributed by atoms with E-state index < -0.39 is 0 Å². The lowest BCUT2D eigenvalue weighted by atomic mass is 10.1. The Balaban J connectivity index is 1.71. The predicted octanol–water partition coefficient (Wildman–Crippen LogP) is 5.20. The highest BCUT2D eigenvalue weighted by Crippen LogP contribution is 2.24. The first kappa shape index (κ1) is 14.7. The van der Waals surface area contributed by atoms with Crippen molar-refractivity contribution in [2.75, 3.05) is 5.32 Å². The number of hydrogen-bond donors (Lipinski definition) is 1. The number of aryl methyl sites for hydroxylation is 1. The number of carbonyl (C=O) groups is 1. The minimum Gasteiger partial charge on any atom is -0.433 e. The lowest BCUT2D eigenvalue weighted by Gasteiger charge is -2.02. The fraction of sp³-hybridized carbons (Fsp3) is 0.0526. The van der Waals surface area contributed by atoms with Crippen molar-refractivity contribution in [2.24, 2.45) is 0 Å². The lowest BCUT2D eigenvalue weighted by molar-refractivity contribution is 0.0998. The fourth-order valence-corrected chi connectivity index (χ4v) is 2.80. The van der Waals surface area contributed by atoms with Gasteiger partial charge in [-0.3, -0.25) is 4.79 Å². The number of nitrogens with zero attached hydrogens (tertiary/aromatic N) is 1. The first-order valence-electron chi connectivity index (χ1n) is 7.46. The molecule has 0 spiro atoms. The van der Waals surface area contributed by atoms with E-state index in [2.05, 4.69) is 10.3 Å². The summed E-state index contributed by atoms with van der Waals surface area (Å²) >= 11 is 5.93. The number of hydrogen-bond acceptors (Lipinski definition) is 3. The Labute approximate surface area is 143 Å². The van der Waals surface area contributed by atoms with Crippen molar-refractivity contribution < 1.29 is 9.21 Å². The van der Waals surface area contributed by atoms with E-state index in [1.165, 1.54) is 0 Å². The molecule has 0 aliphatic carbocycles. The average molecular weight is 337 g/mol. The minimum absolute atomic E-state index is 0.213. The molecule has 0 fully saturated rings. The summed E-state index contributed by atoms with van der Waals surface area (Å²) in [4.78, 5) is 16.9. The van der Waals surface area contributed by atoms with Crippen molar-refractivity contribution in [1.29, 1.82) is 0 Å². The summed E-state index contributed by atoms with van der Waals surface area (Å²) in [5.41, 5.74) is 3.03. The molecule has 0 aliphatic rings. The number of halogens is 1. The second kappa shape index (κ2) is 5.65. The van der Waals surface area contributed by atoms with Crippen molar-refractivity contribution in [1.82, 2.24) is 4.98 Å². The molecule has 0 unspecified atom stereocenters. The van der Waals surface area contributed by atoms with E-state index in [0.29, 0.717) is 16.4 Å². The number of benzene rings is 2. The Hall–Kier alpha value is -2.85. The lowest BCUT2D eigenvalue weighted by Crippen LogP contribution is -2.10. The van der Waals surface area contributed by atoms with Crippen molar-refractivity contribution in [3.05, 3.63) is 70.9 Å². The van der Waals surface area contributed by atoms with Gasteiger partial charge in [0.25, 0.3) is 5.91 Å². The Morgan fingerprint density at radius 1 is 1.08 bits per heavy atom. The largest absolute Gasteiger partial charge is 0.433 e. The SMILES string of the molecule is Cc1ccc2cc3cc(C(=O)Nc4cccc(Cl)c4)oc3nc2c1. The molecule has 118 valence electrons. The zero-order chi connectivity index (χ0) is 16.7.